The minimum absolute atomic E-state index is 0.130. The van der Waals surface area contributed by atoms with Gasteiger partial charge in [-0.1, -0.05) is 43.0 Å². The molecule has 0 unspecified atom stereocenters. The molecule has 0 bridgehead atoms. The fourth-order valence-electron chi connectivity index (χ4n) is 1.69. The van der Waals surface area contributed by atoms with E-state index in [9.17, 15) is 9.59 Å². The summed E-state index contributed by atoms with van der Waals surface area (Å²) in [6, 6.07) is 9.04. The van der Waals surface area contributed by atoms with Gasteiger partial charge in [0, 0.05) is 5.57 Å². The average molecular weight is 274 g/mol. The van der Waals surface area contributed by atoms with Crippen LogP contribution in [0.3, 0.4) is 0 Å². The Morgan fingerprint density at radius 1 is 1.05 bits per heavy atom. The maximum atomic E-state index is 12.0. The standard InChI is InChI=1S/C16H18O4/c1-4-13(12-10-8-7-9-11-12)14(15(17)19-5-2)16(18)20-6-3/h4,7-11H,1,5-6H2,2-3H3. The van der Waals surface area contributed by atoms with Crippen molar-refractivity contribution in [3.63, 3.8) is 0 Å². The molecule has 0 aromatic heterocycles. The molecule has 20 heavy (non-hydrogen) atoms. The maximum Gasteiger partial charge on any atom is 0.346 e. The number of carbonyl (C=O) groups is 2. The highest BCUT2D eigenvalue weighted by atomic mass is 16.6. The smallest absolute Gasteiger partial charge is 0.346 e. The van der Waals surface area contributed by atoms with E-state index in [-0.39, 0.29) is 18.8 Å². The molecule has 0 fully saturated rings. The van der Waals surface area contributed by atoms with Gasteiger partial charge in [-0.25, -0.2) is 9.59 Å². The molecule has 0 heterocycles. The molecule has 1 rings (SSSR count). The first-order chi connectivity index (χ1) is 9.65. The van der Waals surface area contributed by atoms with Crippen molar-refractivity contribution in [2.75, 3.05) is 13.2 Å². The number of hydrogen-bond donors (Lipinski definition) is 0. The first-order valence-electron chi connectivity index (χ1n) is 6.42. The quantitative estimate of drug-likeness (QED) is 0.263. The molecule has 0 radical (unpaired) electrons. The van der Waals surface area contributed by atoms with Crippen molar-refractivity contribution in [1.29, 1.82) is 0 Å². The van der Waals surface area contributed by atoms with E-state index in [1.54, 1.807) is 26.0 Å². The molecule has 0 atom stereocenters. The molecule has 0 spiro atoms. The van der Waals surface area contributed by atoms with Crippen molar-refractivity contribution in [2.24, 2.45) is 0 Å². The first kappa shape index (κ1) is 15.7. The summed E-state index contributed by atoms with van der Waals surface area (Å²) < 4.78 is 9.86. The highest BCUT2D eigenvalue weighted by Crippen LogP contribution is 2.22. The van der Waals surface area contributed by atoms with Gasteiger partial charge >= 0.3 is 11.9 Å². The predicted molar refractivity (Wildman–Crippen MR) is 76.8 cm³/mol. The van der Waals surface area contributed by atoms with E-state index in [2.05, 4.69) is 6.58 Å². The zero-order valence-corrected chi connectivity index (χ0v) is 11.7. The highest BCUT2D eigenvalue weighted by molar-refractivity contribution is 6.21. The van der Waals surface area contributed by atoms with Crippen LogP contribution in [0, 0.1) is 0 Å². The van der Waals surface area contributed by atoms with Crippen LogP contribution in [0.15, 0.2) is 48.6 Å². The number of carbonyl (C=O) groups excluding carboxylic acids is 2. The summed E-state index contributed by atoms with van der Waals surface area (Å²) in [6.07, 6.45) is 1.46. The van der Waals surface area contributed by atoms with Crippen LogP contribution in [-0.4, -0.2) is 25.2 Å². The molecule has 0 aliphatic rings. The van der Waals surface area contributed by atoms with Gasteiger partial charge < -0.3 is 9.47 Å². The summed E-state index contributed by atoms with van der Waals surface area (Å²) in [4.78, 5) is 24.0. The number of esters is 2. The third-order valence-electron chi connectivity index (χ3n) is 2.52. The van der Waals surface area contributed by atoms with Gasteiger partial charge in [0.25, 0.3) is 0 Å². The lowest BCUT2D eigenvalue weighted by Crippen LogP contribution is -2.20. The molecular weight excluding hydrogens is 256 g/mol. The zero-order valence-electron chi connectivity index (χ0n) is 11.7. The summed E-state index contributed by atoms with van der Waals surface area (Å²) in [5, 5.41) is 0. The van der Waals surface area contributed by atoms with Gasteiger partial charge in [0.1, 0.15) is 0 Å². The van der Waals surface area contributed by atoms with Crippen molar-refractivity contribution >= 4 is 17.5 Å². The van der Waals surface area contributed by atoms with Crippen LogP contribution in [0.4, 0.5) is 0 Å². The van der Waals surface area contributed by atoms with E-state index in [1.165, 1.54) is 6.08 Å². The Hall–Kier alpha value is -2.36. The van der Waals surface area contributed by atoms with Gasteiger partial charge in [0.15, 0.2) is 5.57 Å². The molecule has 106 valence electrons. The molecule has 1 aromatic rings. The molecule has 0 N–H and O–H groups in total. The molecule has 0 aliphatic heterocycles. The number of allylic oxidation sites excluding steroid dienone is 2. The summed E-state index contributed by atoms with van der Waals surface area (Å²) in [7, 11) is 0. The molecule has 0 amide bonds. The highest BCUT2D eigenvalue weighted by Gasteiger charge is 2.25. The van der Waals surface area contributed by atoms with Crippen LogP contribution in [0.25, 0.3) is 5.57 Å². The minimum Gasteiger partial charge on any atom is -0.462 e. The molecule has 0 saturated heterocycles. The molecular formula is C16H18O4. The summed E-state index contributed by atoms with van der Waals surface area (Å²) in [5.74, 6) is -1.41. The van der Waals surface area contributed by atoms with Crippen molar-refractivity contribution in [3.8, 4) is 0 Å². The molecule has 0 saturated carbocycles. The Morgan fingerprint density at radius 3 is 1.95 bits per heavy atom. The van der Waals surface area contributed by atoms with E-state index in [0.717, 1.165) is 0 Å². The van der Waals surface area contributed by atoms with Gasteiger partial charge in [0.05, 0.1) is 13.2 Å². The van der Waals surface area contributed by atoms with Crippen LogP contribution < -0.4 is 0 Å². The van der Waals surface area contributed by atoms with Crippen LogP contribution in [-0.2, 0) is 19.1 Å². The van der Waals surface area contributed by atoms with E-state index >= 15 is 0 Å². The van der Waals surface area contributed by atoms with Crippen molar-refractivity contribution in [1.82, 2.24) is 0 Å². The molecule has 0 aliphatic carbocycles. The molecule has 4 heteroatoms. The largest absolute Gasteiger partial charge is 0.462 e. The predicted octanol–water partition coefficient (Wildman–Crippen LogP) is 2.75. The van der Waals surface area contributed by atoms with Gasteiger partial charge in [-0.2, -0.15) is 0 Å². The van der Waals surface area contributed by atoms with Crippen LogP contribution >= 0.6 is 0 Å². The van der Waals surface area contributed by atoms with Crippen LogP contribution in [0.1, 0.15) is 19.4 Å². The van der Waals surface area contributed by atoms with Crippen molar-refractivity contribution in [3.05, 3.63) is 54.1 Å². The van der Waals surface area contributed by atoms with E-state index in [0.29, 0.717) is 11.1 Å². The van der Waals surface area contributed by atoms with Crippen molar-refractivity contribution < 1.29 is 19.1 Å². The van der Waals surface area contributed by atoms with Gasteiger partial charge in [-0.05, 0) is 19.4 Å². The third-order valence-corrected chi connectivity index (χ3v) is 2.52. The average Bonchev–Trinajstić information content (AvgIpc) is 2.45. The lowest BCUT2D eigenvalue weighted by Gasteiger charge is -2.11. The Balaban J connectivity index is 3.36. The number of rotatable bonds is 6. The normalized spacial score (nSPS) is 9.50. The zero-order chi connectivity index (χ0) is 15.0. The second-order valence-electron chi connectivity index (χ2n) is 3.80. The Kier molecular flexibility index (Phi) is 6.23. The SMILES string of the molecule is C=CC(=C(C(=O)OCC)C(=O)OCC)c1ccccc1. The monoisotopic (exact) mass is 274 g/mol. The Morgan fingerprint density at radius 2 is 1.55 bits per heavy atom. The second-order valence-corrected chi connectivity index (χ2v) is 3.80. The Labute approximate surface area is 118 Å². The van der Waals surface area contributed by atoms with Crippen molar-refractivity contribution in [2.45, 2.75) is 13.8 Å². The fourth-order valence-corrected chi connectivity index (χ4v) is 1.69. The summed E-state index contributed by atoms with van der Waals surface area (Å²) in [6.45, 7) is 7.39. The summed E-state index contributed by atoms with van der Waals surface area (Å²) >= 11 is 0. The molecule has 4 nitrogen and oxygen atoms in total. The fraction of sp³-hybridized carbons (Fsp3) is 0.250. The Bertz CT molecular complexity index is 495. The summed E-state index contributed by atoms with van der Waals surface area (Å²) in [5.41, 5.74) is 0.982. The van der Waals surface area contributed by atoms with Gasteiger partial charge in [-0.3, -0.25) is 0 Å². The second kappa shape index (κ2) is 7.94. The first-order valence-corrected chi connectivity index (χ1v) is 6.42. The lowest BCUT2D eigenvalue weighted by atomic mass is 10.00. The van der Waals surface area contributed by atoms with E-state index in [1.807, 2.05) is 18.2 Å². The topological polar surface area (TPSA) is 52.6 Å². The number of benzene rings is 1. The van der Waals surface area contributed by atoms with Crippen LogP contribution in [0.2, 0.25) is 0 Å². The third kappa shape index (κ3) is 3.82. The van der Waals surface area contributed by atoms with Crippen LogP contribution in [0.5, 0.6) is 0 Å². The number of ether oxygens (including phenoxy) is 2. The van der Waals surface area contributed by atoms with Gasteiger partial charge in [0.2, 0.25) is 0 Å². The van der Waals surface area contributed by atoms with Gasteiger partial charge in [-0.15, -0.1) is 0 Å². The maximum absolute atomic E-state index is 12.0. The minimum atomic E-state index is -0.704. The molecule has 1 aromatic carbocycles. The van der Waals surface area contributed by atoms with E-state index < -0.39 is 11.9 Å². The lowest BCUT2D eigenvalue weighted by molar-refractivity contribution is -0.146. The number of hydrogen-bond acceptors (Lipinski definition) is 4. The van der Waals surface area contributed by atoms with E-state index in [4.69, 9.17) is 9.47 Å².